The third kappa shape index (κ3) is 5.68. The van der Waals surface area contributed by atoms with Gasteiger partial charge in [-0.25, -0.2) is 4.98 Å². The Morgan fingerprint density at radius 3 is 2.68 bits per heavy atom. The first-order valence-electron chi connectivity index (χ1n) is 8.29. The van der Waals surface area contributed by atoms with Crippen molar-refractivity contribution in [1.82, 2.24) is 30.1 Å². The lowest BCUT2D eigenvalue weighted by Gasteiger charge is -2.20. The summed E-state index contributed by atoms with van der Waals surface area (Å²) in [5.41, 5.74) is 1.03. The van der Waals surface area contributed by atoms with E-state index >= 15 is 0 Å². The molecule has 2 aromatic heterocycles. The minimum Gasteiger partial charge on any atom is -0.359 e. The fourth-order valence-electron chi connectivity index (χ4n) is 2.61. The maximum atomic E-state index is 5.44. The van der Waals surface area contributed by atoms with Crippen molar-refractivity contribution in [2.75, 3.05) is 14.1 Å². The quantitative estimate of drug-likeness (QED) is 0.388. The molecule has 0 radical (unpaired) electrons. The van der Waals surface area contributed by atoms with Crippen LogP contribution in [-0.4, -0.2) is 44.9 Å². The van der Waals surface area contributed by atoms with Gasteiger partial charge in [0.25, 0.3) is 0 Å². The van der Waals surface area contributed by atoms with Crippen molar-refractivity contribution in [1.29, 1.82) is 0 Å². The highest BCUT2D eigenvalue weighted by molar-refractivity contribution is 14.0. The molecule has 9 heteroatoms. The normalized spacial score (nSPS) is 11.5. The summed E-state index contributed by atoms with van der Waals surface area (Å²) < 4.78 is 7.19. The number of nitrogens with zero attached hydrogens (tertiary/aromatic N) is 6. The van der Waals surface area contributed by atoms with Crippen molar-refractivity contribution in [3.05, 3.63) is 29.7 Å². The molecule has 0 saturated carbocycles. The average Bonchev–Trinajstić information content (AvgIpc) is 3.19. The predicted molar refractivity (Wildman–Crippen MR) is 108 cm³/mol. The Kier molecular flexibility index (Phi) is 8.87. The average molecular weight is 461 g/mol. The van der Waals surface area contributed by atoms with E-state index in [2.05, 4.69) is 39.4 Å². The first-order valence-corrected chi connectivity index (χ1v) is 8.29. The van der Waals surface area contributed by atoms with Gasteiger partial charge in [-0.1, -0.05) is 19.0 Å². The van der Waals surface area contributed by atoms with E-state index in [1.165, 1.54) is 0 Å². The van der Waals surface area contributed by atoms with Crippen LogP contribution in [0, 0.1) is 0 Å². The Morgan fingerprint density at radius 1 is 1.40 bits per heavy atom. The maximum Gasteiger partial charge on any atom is 0.194 e. The zero-order chi connectivity index (χ0) is 17.5. The molecule has 0 spiro atoms. The second-order valence-electron chi connectivity index (χ2n) is 5.79. The number of nitrogens with one attached hydrogen (secondary N) is 1. The van der Waals surface area contributed by atoms with E-state index in [1.807, 2.05) is 25.1 Å². The Morgan fingerprint density at radius 2 is 2.12 bits per heavy atom. The van der Waals surface area contributed by atoms with Crippen LogP contribution in [0.2, 0.25) is 0 Å². The third-order valence-corrected chi connectivity index (χ3v) is 4.16. The zero-order valence-corrected chi connectivity index (χ0v) is 17.9. The summed E-state index contributed by atoms with van der Waals surface area (Å²) >= 11 is 0. The summed E-state index contributed by atoms with van der Waals surface area (Å²) in [5.74, 6) is 2.90. The van der Waals surface area contributed by atoms with Crippen molar-refractivity contribution in [2.45, 2.75) is 45.7 Å². The van der Waals surface area contributed by atoms with Crippen LogP contribution < -0.4 is 5.32 Å². The van der Waals surface area contributed by atoms with Crippen LogP contribution in [0.15, 0.2) is 21.9 Å². The molecule has 0 aliphatic rings. The van der Waals surface area contributed by atoms with Gasteiger partial charge in [-0.3, -0.25) is 9.67 Å². The van der Waals surface area contributed by atoms with Crippen LogP contribution in [0.1, 0.15) is 49.9 Å². The summed E-state index contributed by atoms with van der Waals surface area (Å²) in [6.07, 6.45) is 3.68. The van der Waals surface area contributed by atoms with Gasteiger partial charge in [0.05, 0.1) is 18.8 Å². The second kappa shape index (κ2) is 10.4. The van der Waals surface area contributed by atoms with Crippen LogP contribution in [-0.2, 0) is 20.1 Å². The third-order valence-electron chi connectivity index (χ3n) is 4.16. The Labute approximate surface area is 166 Å². The largest absolute Gasteiger partial charge is 0.359 e. The van der Waals surface area contributed by atoms with E-state index in [1.54, 1.807) is 18.1 Å². The van der Waals surface area contributed by atoms with E-state index in [-0.39, 0.29) is 24.0 Å². The fourth-order valence-corrected chi connectivity index (χ4v) is 2.61. The number of halogens is 1. The van der Waals surface area contributed by atoms with Crippen molar-refractivity contribution in [3.8, 4) is 0 Å². The van der Waals surface area contributed by atoms with Gasteiger partial charge in [0.1, 0.15) is 12.2 Å². The van der Waals surface area contributed by atoms with E-state index in [0.29, 0.717) is 19.0 Å². The van der Waals surface area contributed by atoms with Crippen LogP contribution >= 0.6 is 24.0 Å². The van der Waals surface area contributed by atoms with E-state index in [9.17, 15) is 0 Å². The molecule has 0 aliphatic carbocycles. The first-order chi connectivity index (χ1) is 11.6. The molecule has 1 N–H and O–H groups in total. The molecule has 0 aromatic carbocycles. The van der Waals surface area contributed by atoms with Gasteiger partial charge in [-0.05, 0) is 12.8 Å². The molecule has 0 unspecified atom stereocenters. The fraction of sp³-hybridized carbons (Fsp3) is 0.625. The lowest BCUT2D eigenvalue weighted by Crippen LogP contribution is -2.38. The number of aryl methyl sites for hydroxylation is 1. The van der Waals surface area contributed by atoms with Gasteiger partial charge < -0.3 is 14.7 Å². The maximum absolute atomic E-state index is 5.44. The van der Waals surface area contributed by atoms with E-state index in [0.717, 1.165) is 36.1 Å². The van der Waals surface area contributed by atoms with Gasteiger partial charge in [-0.15, -0.1) is 24.0 Å². The number of rotatable bonds is 7. The van der Waals surface area contributed by atoms with Crippen molar-refractivity contribution in [2.24, 2.45) is 12.0 Å². The summed E-state index contributed by atoms with van der Waals surface area (Å²) in [4.78, 5) is 10.5. The number of aliphatic imine (C=N–C) groups is 1. The van der Waals surface area contributed by atoms with Crippen LogP contribution in [0.3, 0.4) is 0 Å². The molecule has 0 fully saturated rings. The highest BCUT2D eigenvalue weighted by Gasteiger charge is 2.14. The Balaban J connectivity index is 0.00000312. The lowest BCUT2D eigenvalue weighted by molar-refractivity contribution is 0.364. The van der Waals surface area contributed by atoms with Crippen LogP contribution in [0.25, 0.3) is 0 Å². The molecule has 0 saturated heterocycles. The molecular formula is C16H28IN7O. The van der Waals surface area contributed by atoms with Gasteiger partial charge in [-0.2, -0.15) is 5.10 Å². The van der Waals surface area contributed by atoms with Crippen molar-refractivity contribution >= 4 is 29.9 Å². The van der Waals surface area contributed by atoms with Gasteiger partial charge in [0, 0.05) is 33.1 Å². The summed E-state index contributed by atoms with van der Waals surface area (Å²) in [6, 6.07) is 2.03. The Bertz CT molecular complexity index is 663. The molecule has 0 aliphatic heterocycles. The summed E-state index contributed by atoms with van der Waals surface area (Å²) in [6.45, 7) is 5.50. The minimum atomic E-state index is 0. The minimum absolute atomic E-state index is 0. The molecule has 8 nitrogen and oxygen atoms in total. The lowest BCUT2D eigenvalue weighted by atomic mass is 9.99. The molecule has 0 atom stereocenters. The molecule has 0 bridgehead atoms. The molecule has 2 heterocycles. The molecule has 140 valence electrons. The highest BCUT2D eigenvalue weighted by Crippen LogP contribution is 2.22. The monoisotopic (exact) mass is 461 g/mol. The number of aromatic nitrogens is 4. The number of hydrogen-bond donors (Lipinski definition) is 1. The topological polar surface area (TPSA) is 84.4 Å². The SMILES string of the molecule is CCC(CC)c1cc(CNC(=NC)N(C)Cc2ncnn2C)on1.I. The van der Waals surface area contributed by atoms with E-state index < -0.39 is 0 Å². The standard InChI is InChI=1S/C16H27N7O.HI/c1-6-12(7-2)14-8-13(24-21-14)9-18-16(17-3)22(4)10-15-19-11-20-23(15)5;/h8,11-12H,6-7,9-10H2,1-5H3,(H,17,18);1H. The van der Waals surface area contributed by atoms with Crippen LogP contribution in [0.5, 0.6) is 0 Å². The second-order valence-corrected chi connectivity index (χ2v) is 5.79. The molecule has 2 aromatic rings. The summed E-state index contributed by atoms with van der Waals surface area (Å²) in [5, 5.41) is 11.6. The Hall–Kier alpha value is -1.65. The first kappa shape index (κ1) is 21.4. The summed E-state index contributed by atoms with van der Waals surface area (Å²) in [7, 11) is 5.59. The van der Waals surface area contributed by atoms with Gasteiger partial charge >= 0.3 is 0 Å². The highest BCUT2D eigenvalue weighted by atomic mass is 127. The molecule has 2 rings (SSSR count). The van der Waals surface area contributed by atoms with Gasteiger partial charge in [0.15, 0.2) is 11.7 Å². The van der Waals surface area contributed by atoms with Crippen molar-refractivity contribution < 1.29 is 4.52 Å². The number of guanidine groups is 1. The van der Waals surface area contributed by atoms with Crippen molar-refractivity contribution in [3.63, 3.8) is 0 Å². The number of hydrogen-bond acceptors (Lipinski definition) is 5. The van der Waals surface area contributed by atoms with Crippen LogP contribution in [0.4, 0.5) is 0 Å². The van der Waals surface area contributed by atoms with E-state index in [4.69, 9.17) is 4.52 Å². The predicted octanol–water partition coefficient (Wildman–Crippen LogP) is 2.53. The zero-order valence-electron chi connectivity index (χ0n) is 15.6. The van der Waals surface area contributed by atoms with Gasteiger partial charge in [0.2, 0.25) is 0 Å². The molecule has 25 heavy (non-hydrogen) atoms. The molecular weight excluding hydrogens is 433 g/mol. The molecule has 0 amide bonds. The smallest absolute Gasteiger partial charge is 0.194 e.